The van der Waals surface area contributed by atoms with Crippen molar-refractivity contribution in [1.29, 1.82) is 0 Å². The van der Waals surface area contributed by atoms with Crippen molar-refractivity contribution >= 4 is 17.8 Å². The topological polar surface area (TPSA) is 376 Å². The van der Waals surface area contributed by atoms with Crippen LogP contribution >= 0.6 is 0 Å². The summed E-state index contributed by atoms with van der Waals surface area (Å²) in [4.78, 5) is 38.2. The van der Waals surface area contributed by atoms with Crippen LogP contribution in [-0.4, -0.2) is 210 Å². The first-order valence-corrected chi connectivity index (χ1v) is 31.0. The molecule has 3 saturated heterocycles. The van der Waals surface area contributed by atoms with Crippen molar-refractivity contribution in [2.75, 3.05) is 26.4 Å². The summed E-state index contributed by atoms with van der Waals surface area (Å²) in [7, 11) is 0. The zero-order chi connectivity index (χ0) is 60.5. The van der Waals surface area contributed by atoms with E-state index < -0.39 is 155 Å². The predicted molar refractivity (Wildman–Crippen MR) is 299 cm³/mol. The number of aliphatic hydroxyl groups is 11. The van der Waals surface area contributed by atoms with E-state index >= 15 is 0 Å². The Balaban J connectivity index is 0.0000235. The summed E-state index contributed by atoms with van der Waals surface area (Å²) in [6.45, 7) is 2.04. The molecule has 1 unspecified atom stereocenters. The van der Waals surface area contributed by atoms with Gasteiger partial charge in [-0.3, -0.25) is 9.59 Å². The molecule has 0 aromatic heterocycles. The number of rotatable bonds is 45. The fourth-order valence-electron chi connectivity index (χ4n) is 10.9. The third kappa shape index (κ3) is 27.4. The van der Waals surface area contributed by atoms with Crippen LogP contribution in [0.5, 0.6) is 0 Å². The van der Waals surface area contributed by atoms with Crippen LogP contribution in [0.4, 0.5) is 0 Å². The van der Waals surface area contributed by atoms with E-state index in [0.717, 1.165) is 51.9 Å². The fourth-order valence-corrected chi connectivity index (χ4v) is 10.9. The largest absolute Gasteiger partial charge is 1.00 e. The number of ether oxygens (including phenoxy) is 6. The van der Waals surface area contributed by atoms with Crippen molar-refractivity contribution in [3.63, 3.8) is 0 Å². The number of carboxylic acid groups (broad SMARTS) is 1. The molecule has 0 aromatic rings. The second kappa shape index (κ2) is 44.0. The van der Waals surface area contributed by atoms with Gasteiger partial charge < -0.3 is 105 Å². The zero-order valence-electron chi connectivity index (χ0n) is 50.3. The second-order valence-corrected chi connectivity index (χ2v) is 22.9. The van der Waals surface area contributed by atoms with E-state index in [0.29, 0.717) is 12.8 Å². The van der Waals surface area contributed by atoms with Crippen molar-refractivity contribution < 1.29 is 134 Å². The van der Waals surface area contributed by atoms with Gasteiger partial charge in [-0.15, -0.1) is 0 Å². The maximum absolute atomic E-state index is 13.4. The van der Waals surface area contributed by atoms with E-state index in [2.05, 4.69) is 24.5 Å². The number of amides is 2. The van der Waals surface area contributed by atoms with Crippen molar-refractivity contribution in [3.05, 3.63) is 12.2 Å². The molecule has 0 saturated carbocycles. The third-order valence-electron chi connectivity index (χ3n) is 15.9. The molecule has 3 heterocycles. The van der Waals surface area contributed by atoms with E-state index in [1.807, 2.05) is 6.08 Å². The van der Waals surface area contributed by atoms with Crippen LogP contribution in [0.15, 0.2) is 12.2 Å². The summed E-state index contributed by atoms with van der Waals surface area (Å²) in [6.07, 6.45) is 5.17. The number of carboxylic acids is 1. The quantitative estimate of drug-likeness (QED) is 0.0194. The van der Waals surface area contributed by atoms with Gasteiger partial charge in [-0.05, 0) is 19.3 Å². The maximum atomic E-state index is 13.4. The minimum Gasteiger partial charge on any atom is -0.544 e. The average molecular weight is 1200 g/mol. The summed E-state index contributed by atoms with van der Waals surface area (Å²) in [5, 5.41) is 138. The second-order valence-electron chi connectivity index (χ2n) is 22.9. The number of carbonyl (C=O) groups is 3. The molecular formula is C59H107N2NaO21. The van der Waals surface area contributed by atoms with Crippen LogP contribution in [0.25, 0.3) is 0 Å². The van der Waals surface area contributed by atoms with Crippen molar-refractivity contribution in [1.82, 2.24) is 10.6 Å². The van der Waals surface area contributed by atoms with Gasteiger partial charge in [0, 0.05) is 19.8 Å². The Kier molecular flexibility index (Phi) is 41.1. The Morgan fingerprint density at radius 2 is 1.14 bits per heavy atom. The Labute approximate surface area is 514 Å². The Hall–Kier alpha value is -1.53. The number of allylic oxidation sites excluding steroid dienone is 1. The average Bonchev–Trinajstić information content (AvgIpc) is 3.65. The molecule has 18 atom stereocenters. The number of carbonyl (C=O) groups excluding carboxylic acids is 3. The van der Waals surface area contributed by atoms with Gasteiger partial charge >= 0.3 is 29.6 Å². The van der Waals surface area contributed by atoms with Crippen LogP contribution in [-0.2, 0) is 42.8 Å². The van der Waals surface area contributed by atoms with Gasteiger partial charge in [0.2, 0.25) is 17.6 Å². The van der Waals surface area contributed by atoms with Crippen LogP contribution in [0.2, 0.25) is 0 Å². The standard InChI is InChI=1S/C59H108N2O21.Na/c1-4-6-8-10-12-14-16-18-19-21-23-25-27-29-31-33-46(69)61-40(41(66)32-30-28-26-24-22-20-17-15-13-11-9-7-5-2)38-77-56-51(73)50(72)53(45(37-64)79-56)80-57-52(74)55(49(71)44(36-63)78-57)82-59(58(75)76)34-42(67)47(60-39(3)65)54(81-59)48(70)43(68)35-62;/h30,32,40-45,47-57,62-64,66-68,70-74H,4-29,31,33-38H2,1-3H3,(H,60,65)(H,61,69)(H,75,76);/q;+1/p-1/b32-30+;/t40-,41+,42-,43+,44-,45-,47+,48+,49-,50+,51+,52+,53-,54+,55+,56+,57-,59?;/m0./s1. The molecule has 0 aliphatic carbocycles. The molecule has 13 N–H and O–H groups in total. The maximum Gasteiger partial charge on any atom is 1.00 e. The Morgan fingerprint density at radius 1 is 0.651 bits per heavy atom. The molecule has 3 fully saturated rings. The number of aliphatic carboxylic acids is 1. The SMILES string of the molecule is CCCCCCCCCCCCC/C=C/[C@@H](O)[C@H](CO[C@@H]1O[C@@H](CO)[C@H](O[C@@H]2O[C@@H](CO)[C@H](O)[C@@H](OC3(C(=O)[O-])C[C@H](O)[C@@H](NC(C)=O)[C@H]([C@H](O)[C@H](O)CO)O3)[C@H]2O)[C@H](O)[C@H]1O)NC(=O)CCCCCCCCCCCCCCCCC.[Na+]. The molecule has 2 amide bonds. The molecular weight excluding hydrogens is 1100 g/mol. The van der Waals surface area contributed by atoms with Crippen LogP contribution in [0, 0.1) is 0 Å². The molecule has 83 heavy (non-hydrogen) atoms. The van der Waals surface area contributed by atoms with Crippen molar-refractivity contribution in [2.24, 2.45) is 0 Å². The summed E-state index contributed by atoms with van der Waals surface area (Å²) >= 11 is 0. The molecule has 0 bridgehead atoms. The van der Waals surface area contributed by atoms with E-state index in [1.165, 1.54) is 116 Å². The first-order chi connectivity index (χ1) is 39.4. The summed E-state index contributed by atoms with van der Waals surface area (Å²) < 4.78 is 34.5. The normalized spacial score (nSPS) is 29.9. The molecule has 480 valence electrons. The van der Waals surface area contributed by atoms with Gasteiger partial charge in [-0.2, -0.15) is 0 Å². The Bertz CT molecular complexity index is 1740. The van der Waals surface area contributed by atoms with Gasteiger partial charge in [0.15, 0.2) is 12.6 Å². The van der Waals surface area contributed by atoms with Crippen molar-refractivity contribution in [2.45, 2.75) is 317 Å². The van der Waals surface area contributed by atoms with E-state index in [1.54, 1.807) is 6.08 Å². The van der Waals surface area contributed by atoms with Gasteiger partial charge in [0.1, 0.15) is 73.1 Å². The number of hydrogen-bond acceptors (Lipinski definition) is 21. The number of unbranched alkanes of at least 4 members (excludes halogenated alkanes) is 25. The first kappa shape index (κ1) is 77.6. The Morgan fingerprint density at radius 3 is 1.63 bits per heavy atom. The zero-order valence-corrected chi connectivity index (χ0v) is 52.3. The summed E-state index contributed by atoms with van der Waals surface area (Å²) in [5.41, 5.74) is 0. The van der Waals surface area contributed by atoms with Gasteiger partial charge in [0.25, 0.3) is 0 Å². The fraction of sp³-hybridized carbons (Fsp3) is 0.915. The minimum atomic E-state index is -3.19. The molecule has 3 rings (SSSR count). The molecule has 3 aliphatic rings. The van der Waals surface area contributed by atoms with Crippen LogP contribution in [0.1, 0.15) is 207 Å². The number of nitrogens with one attached hydrogen (secondary N) is 2. The van der Waals surface area contributed by atoms with E-state index in [4.69, 9.17) is 28.4 Å². The first-order valence-electron chi connectivity index (χ1n) is 31.0. The summed E-state index contributed by atoms with van der Waals surface area (Å²) in [6, 6.07) is -2.64. The monoisotopic (exact) mass is 1200 g/mol. The van der Waals surface area contributed by atoms with E-state index in [9.17, 15) is 75.7 Å². The molecule has 0 spiro atoms. The van der Waals surface area contributed by atoms with Gasteiger partial charge in [0.05, 0.1) is 50.7 Å². The predicted octanol–water partition coefficient (Wildman–Crippen LogP) is -1.17. The van der Waals surface area contributed by atoms with Gasteiger partial charge in [-0.25, -0.2) is 0 Å². The number of aliphatic hydroxyl groups excluding tert-OH is 11. The van der Waals surface area contributed by atoms with Crippen LogP contribution in [0.3, 0.4) is 0 Å². The minimum absolute atomic E-state index is 0. The molecule has 23 nitrogen and oxygen atoms in total. The number of hydrogen-bond donors (Lipinski definition) is 13. The van der Waals surface area contributed by atoms with Crippen LogP contribution < -0.4 is 45.3 Å². The molecule has 0 radical (unpaired) electrons. The van der Waals surface area contributed by atoms with Crippen molar-refractivity contribution in [3.8, 4) is 0 Å². The molecule has 24 heteroatoms. The smallest absolute Gasteiger partial charge is 0.544 e. The summed E-state index contributed by atoms with van der Waals surface area (Å²) in [5.74, 6) is -6.52. The van der Waals surface area contributed by atoms with E-state index in [-0.39, 0.29) is 41.9 Å². The molecule has 0 aromatic carbocycles. The molecule has 3 aliphatic heterocycles. The third-order valence-corrected chi connectivity index (χ3v) is 15.9. The van der Waals surface area contributed by atoms with Gasteiger partial charge in [-0.1, -0.05) is 180 Å².